The van der Waals surface area contributed by atoms with Gasteiger partial charge in [0.05, 0.1) is 11.6 Å². The van der Waals surface area contributed by atoms with Gasteiger partial charge in [0.25, 0.3) is 0 Å². The Bertz CT molecular complexity index is 538. The average Bonchev–Trinajstić information content (AvgIpc) is 2.76. The van der Waals surface area contributed by atoms with Crippen molar-refractivity contribution in [2.45, 2.75) is 0 Å². The summed E-state index contributed by atoms with van der Waals surface area (Å²) in [5, 5.41) is 8.80. The van der Waals surface area contributed by atoms with Crippen molar-refractivity contribution >= 4 is 5.71 Å². The lowest BCUT2D eigenvalue weighted by molar-refractivity contribution is 0.248. The zero-order valence-corrected chi connectivity index (χ0v) is 7.73. The van der Waals surface area contributed by atoms with Crippen molar-refractivity contribution in [3.8, 4) is 11.8 Å². The third-order valence-electron chi connectivity index (χ3n) is 2.33. The summed E-state index contributed by atoms with van der Waals surface area (Å²) >= 11 is 0. The Morgan fingerprint density at radius 3 is 3.20 bits per heavy atom. The molecule has 0 amide bonds. The summed E-state index contributed by atoms with van der Waals surface area (Å²) in [6.07, 6.45) is 1.54. The zero-order valence-electron chi connectivity index (χ0n) is 7.73. The fraction of sp³-hybridized carbons (Fsp3) is 0.0909. The van der Waals surface area contributed by atoms with Gasteiger partial charge in [-0.2, -0.15) is 5.26 Å². The van der Waals surface area contributed by atoms with Gasteiger partial charge in [-0.15, -0.1) is 0 Å². The summed E-state index contributed by atoms with van der Waals surface area (Å²) in [5.41, 5.74) is 2.19. The van der Waals surface area contributed by atoms with Crippen LogP contribution in [0.15, 0.2) is 35.2 Å². The molecule has 2 heterocycles. The largest absolute Gasteiger partial charge is 0.466 e. The topological polar surface area (TPSA) is 54.6 Å². The van der Waals surface area contributed by atoms with Gasteiger partial charge >= 0.3 is 0 Å². The molecule has 2 aliphatic heterocycles. The SMILES string of the molecule is N#Cc1ccc2c(c1)C1=NCOC1=CO2. The van der Waals surface area contributed by atoms with Crippen LogP contribution in [0.2, 0.25) is 0 Å². The van der Waals surface area contributed by atoms with Gasteiger partial charge in [0.15, 0.2) is 12.5 Å². The van der Waals surface area contributed by atoms with Crippen LogP contribution in [-0.4, -0.2) is 12.4 Å². The molecule has 0 radical (unpaired) electrons. The van der Waals surface area contributed by atoms with Gasteiger partial charge < -0.3 is 9.47 Å². The van der Waals surface area contributed by atoms with Crippen molar-refractivity contribution in [3.63, 3.8) is 0 Å². The van der Waals surface area contributed by atoms with Crippen LogP contribution in [0.1, 0.15) is 11.1 Å². The van der Waals surface area contributed by atoms with Crippen molar-refractivity contribution in [2.24, 2.45) is 4.99 Å². The molecule has 1 aromatic rings. The van der Waals surface area contributed by atoms with E-state index in [4.69, 9.17) is 14.7 Å². The summed E-state index contributed by atoms with van der Waals surface area (Å²) in [6, 6.07) is 7.33. The summed E-state index contributed by atoms with van der Waals surface area (Å²) in [7, 11) is 0. The van der Waals surface area contributed by atoms with Crippen molar-refractivity contribution in [1.82, 2.24) is 0 Å². The zero-order chi connectivity index (χ0) is 10.3. The molecule has 0 unspecified atom stereocenters. The van der Waals surface area contributed by atoms with E-state index in [0.717, 1.165) is 11.3 Å². The number of aliphatic imine (C=N–C) groups is 1. The molecule has 4 nitrogen and oxygen atoms in total. The van der Waals surface area contributed by atoms with E-state index in [9.17, 15) is 0 Å². The van der Waals surface area contributed by atoms with Crippen LogP contribution in [0.25, 0.3) is 0 Å². The highest BCUT2D eigenvalue weighted by Crippen LogP contribution is 2.30. The molecule has 0 fully saturated rings. The second kappa shape index (κ2) is 2.85. The lowest BCUT2D eigenvalue weighted by Gasteiger charge is -2.14. The number of nitrogens with zero attached hydrogens (tertiary/aromatic N) is 2. The maximum atomic E-state index is 8.80. The van der Waals surface area contributed by atoms with Gasteiger partial charge in [0.1, 0.15) is 17.7 Å². The molecule has 0 saturated carbocycles. The Balaban J connectivity index is 2.20. The molecular weight excluding hydrogens is 192 g/mol. The molecule has 72 valence electrons. The maximum absolute atomic E-state index is 8.80. The summed E-state index contributed by atoms with van der Waals surface area (Å²) < 4.78 is 10.6. The first-order valence-corrected chi connectivity index (χ1v) is 4.47. The second-order valence-electron chi connectivity index (χ2n) is 3.20. The van der Waals surface area contributed by atoms with Gasteiger partial charge in [0.2, 0.25) is 0 Å². The van der Waals surface area contributed by atoms with Gasteiger partial charge in [-0.05, 0) is 18.2 Å². The molecule has 3 rings (SSSR count). The predicted molar refractivity (Wildman–Crippen MR) is 52.4 cm³/mol. The third-order valence-corrected chi connectivity index (χ3v) is 2.33. The van der Waals surface area contributed by atoms with Crippen LogP contribution < -0.4 is 4.74 Å². The molecule has 1 aromatic carbocycles. The third kappa shape index (κ3) is 1.10. The quantitative estimate of drug-likeness (QED) is 0.635. The lowest BCUT2D eigenvalue weighted by atomic mass is 10.0. The Labute approximate surface area is 86.1 Å². The molecule has 0 atom stereocenters. The number of hydrogen-bond donors (Lipinski definition) is 0. The Morgan fingerprint density at radius 2 is 2.33 bits per heavy atom. The minimum Gasteiger partial charge on any atom is -0.466 e. The second-order valence-corrected chi connectivity index (χ2v) is 3.20. The van der Waals surface area contributed by atoms with Crippen molar-refractivity contribution in [2.75, 3.05) is 6.73 Å². The van der Waals surface area contributed by atoms with E-state index >= 15 is 0 Å². The Kier molecular flexibility index (Phi) is 1.53. The van der Waals surface area contributed by atoms with Crippen molar-refractivity contribution in [1.29, 1.82) is 5.26 Å². The molecule has 0 spiro atoms. The Morgan fingerprint density at radius 1 is 1.40 bits per heavy atom. The van der Waals surface area contributed by atoms with E-state index < -0.39 is 0 Å². The number of benzene rings is 1. The van der Waals surface area contributed by atoms with Crippen molar-refractivity contribution in [3.05, 3.63) is 41.3 Å². The van der Waals surface area contributed by atoms with E-state index in [-0.39, 0.29) is 0 Å². The number of nitriles is 1. The minimum absolute atomic E-state index is 0.320. The lowest BCUT2D eigenvalue weighted by Crippen LogP contribution is -2.10. The highest BCUT2D eigenvalue weighted by molar-refractivity contribution is 6.14. The molecule has 0 N–H and O–H groups in total. The van der Waals surface area contributed by atoms with E-state index in [1.54, 1.807) is 24.5 Å². The minimum atomic E-state index is 0.320. The van der Waals surface area contributed by atoms with Gasteiger partial charge in [-0.1, -0.05) is 0 Å². The first-order valence-electron chi connectivity index (χ1n) is 4.47. The molecular formula is C11H6N2O2. The van der Waals surface area contributed by atoms with Crippen LogP contribution in [0.4, 0.5) is 0 Å². The van der Waals surface area contributed by atoms with Crippen molar-refractivity contribution < 1.29 is 9.47 Å². The van der Waals surface area contributed by atoms with Crippen LogP contribution in [0.5, 0.6) is 5.75 Å². The van der Waals surface area contributed by atoms with Crippen LogP contribution >= 0.6 is 0 Å². The molecule has 4 heteroatoms. The van der Waals surface area contributed by atoms with Crippen LogP contribution in [0, 0.1) is 11.3 Å². The Hall–Kier alpha value is -2.28. The highest BCUT2D eigenvalue weighted by atomic mass is 16.5. The van der Waals surface area contributed by atoms with Gasteiger partial charge in [-0.3, -0.25) is 0 Å². The molecule has 0 aromatic heterocycles. The first-order chi connectivity index (χ1) is 7.38. The number of rotatable bonds is 0. The maximum Gasteiger partial charge on any atom is 0.183 e. The predicted octanol–water partition coefficient (Wildman–Crippen LogP) is 1.57. The van der Waals surface area contributed by atoms with E-state index in [0.29, 0.717) is 23.8 Å². The molecule has 0 saturated heterocycles. The molecule has 0 bridgehead atoms. The fourth-order valence-corrected chi connectivity index (χ4v) is 1.62. The number of hydrogen-bond acceptors (Lipinski definition) is 4. The van der Waals surface area contributed by atoms with E-state index in [2.05, 4.69) is 11.1 Å². The van der Waals surface area contributed by atoms with Gasteiger partial charge in [-0.25, -0.2) is 4.99 Å². The molecule has 15 heavy (non-hydrogen) atoms. The summed E-state index contributed by atoms with van der Waals surface area (Å²) in [5.74, 6) is 1.35. The van der Waals surface area contributed by atoms with E-state index in [1.807, 2.05) is 0 Å². The monoisotopic (exact) mass is 198 g/mol. The number of allylic oxidation sites excluding steroid dienone is 1. The van der Waals surface area contributed by atoms with E-state index in [1.165, 1.54) is 0 Å². The number of fused-ring (bicyclic) bond motifs is 3. The smallest absolute Gasteiger partial charge is 0.183 e. The number of ether oxygens (including phenoxy) is 2. The van der Waals surface area contributed by atoms with Crippen LogP contribution in [-0.2, 0) is 4.74 Å². The average molecular weight is 198 g/mol. The normalized spacial score (nSPS) is 16.2. The standard InChI is InChI=1S/C11H6N2O2/c12-4-7-1-2-9-8(3-7)11-10(5-14-9)15-6-13-11/h1-3,5H,6H2. The molecule has 2 aliphatic rings. The first kappa shape index (κ1) is 8.06. The van der Waals surface area contributed by atoms with Crippen LogP contribution in [0.3, 0.4) is 0 Å². The summed E-state index contributed by atoms with van der Waals surface area (Å²) in [4.78, 5) is 4.21. The highest BCUT2D eigenvalue weighted by Gasteiger charge is 2.25. The summed E-state index contributed by atoms with van der Waals surface area (Å²) in [6.45, 7) is 0.320. The fourth-order valence-electron chi connectivity index (χ4n) is 1.62. The van der Waals surface area contributed by atoms with Gasteiger partial charge in [0, 0.05) is 5.56 Å². The molecule has 0 aliphatic carbocycles.